The van der Waals surface area contributed by atoms with Gasteiger partial charge < -0.3 is 15.4 Å². The van der Waals surface area contributed by atoms with Crippen molar-refractivity contribution < 1.29 is 14.3 Å². The number of hydrogen-bond donors (Lipinski definition) is 2. The molecule has 0 unspecified atom stereocenters. The molecule has 0 aliphatic rings. The van der Waals surface area contributed by atoms with E-state index in [0.29, 0.717) is 29.1 Å². The van der Waals surface area contributed by atoms with E-state index in [1.807, 2.05) is 6.07 Å². The van der Waals surface area contributed by atoms with Crippen molar-refractivity contribution >= 4 is 23.4 Å². The van der Waals surface area contributed by atoms with Gasteiger partial charge in [-0.3, -0.25) is 0 Å². The molecule has 23 heavy (non-hydrogen) atoms. The average Bonchev–Trinajstić information content (AvgIpc) is 2.56. The second kappa shape index (κ2) is 7.61. The molecule has 0 atom stereocenters. The summed E-state index contributed by atoms with van der Waals surface area (Å²) in [7, 11) is 0. The summed E-state index contributed by atoms with van der Waals surface area (Å²) < 4.78 is 4.88. The van der Waals surface area contributed by atoms with Crippen molar-refractivity contribution in [3.05, 3.63) is 59.7 Å². The van der Waals surface area contributed by atoms with Crippen LogP contribution in [0.2, 0.25) is 0 Å². The van der Waals surface area contributed by atoms with Crippen LogP contribution in [-0.2, 0) is 4.74 Å². The van der Waals surface area contributed by atoms with Gasteiger partial charge in [-0.05, 0) is 43.3 Å². The normalized spacial score (nSPS) is 9.57. The number of nitrogens with zero attached hydrogens (tertiary/aromatic N) is 1. The highest BCUT2D eigenvalue weighted by Crippen LogP contribution is 2.15. The fraction of sp³-hybridized carbons (Fsp3) is 0.118. The van der Waals surface area contributed by atoms with Crippen molar-refractivity contribution in [1.29, 1.82) is 5.26 Å². The molecule has 6 heteroatoms. The van der Waals surface area contributed by atoms with Crippen LogP contribution in [0.4, 0.5) is 16.2 Å². The Morgan fingerprint density at radius 1 is 1.09 bits per heavy atom. The summed E-state index contributed by atoms with van der Waals surface area (Å²) in [5.74, 6) is -0.411. The number of ether oxygens (including phenoxy) is 1. The van der Waals surface area contributed by atoms with Gasteiger partial charge in [0.25, 0.3) is 0 Å². The van der Waals surface area contributed by atoms with E-state index in [2.05, 4.69) is 10.6 Å². The van der Waals surface area contributed by atoms with E-state index >= 15 is 0 Å². The maximum atomic E-state index is 11.9. The zero-order chi connectivity index (χ0) is 16.7. The fourth-order valence-electron chi connectivity index (χ4n) is 1.88. The number of carbonyl (C=O) groups is 2. The number of amides is 2. The number of urea groups is 1. The number of anilines is 2. The molecule has 2 aromatic rings. The van der Waals surface area contributed by atoms with Gasteiger partial charge >= 0.3 is 12.0 Å². The van der Waals surface area contributed by atoms with Gasteiger partial charge in [-0.2, -0.15) is 5.26 Å². The molecule has 2 aromatic carbocycles. The summed E-state index contributed by atoms with van der Waals surface area (Å²) in [6.07, 6.45) is 0. The largest absolute Gasteiger partial charge is 0.462 e. The molecular formula is C17H15N3O3. The van der Waals surface area contributed by atoms with Crippen LogP contribution in [0.15, 0.2) is 48.5 Å². The van der Waals surface area contributed by atoms with Crippen molar-refractivity contribution in [2.75, 3.05) is 17.2 Å². The zero-order valence-corrected chi connectivity index (χ0v) is 12.5. The fourth-order valence-corrected chi connectivity index (χ4v) is 1.88. The number of benzene rings is 2. The van der Waals surface area contributed by atoms with Gasteiger partial charge in [0.15, 0.2) is 0 Å². The first kappa shape index (κ1) is 16.0. The van der Waals surface area contributed by atoms with Gasteiger partial charge in [-0.25, -0.2) is 9.59 Å². The lowest BCUT2D eigenvalue weighted by Gasteiger charge is -2.09. The molecule has 0 saturated heterocycles. The highest BCUT2D eigenvalue weighted by atomic mass is 16.5. The van der Waals surface area contributed by atoms with Crippen molar-refractivity contribution in [2.24, 2.45) is 0 Å². The molecule has 116 valence electrons. The maximum Gasteiger partial charge on any atom is 0.338 e. The highest BCUT2D eigenvalue weighted by molar-refractivity contribution is 6.00. The van der Waals surface area contributed by atoms with E-state index in [4.69, 9.17) is 10.00 Å². The van der Waals surface area contributed by atoms with Gasteiger partial charge in [-0.1, -0.05) is 12.1 Å². The number of nitriles is 1. The van der Waals surface area contributed by atoms with Crippen molar-refractivity contribution in [3.8, 4) is 6.07 Å². The molecule has 2 rings (SSSR count). The third-order valence-electron chi connectivity index (χ3n) is 2.95. The maximum absolute atomic E-state index is 11.9. The van der Waals surface area contributed by atoms with E-state index in [1.165, 1.54) is 0 Å². The minimum Gasteiger partial charge on any atom is -0.462 e. The van der Waals surface area contributed by atoms with Crippen LogP contribution in [0.5, 0.6) is 0 Å². The summed E-state index contributed by atoms with van der Waals surface area (Å²) in [6, 6.07) is 14.6. The molecule has 2 amide bonds. The Labute approximate surface area is 133 Å². The van der Waals surface area contributed by atoms with Crippen molar-refractivity contribution in [2.45, 2.75) is 6.92 Å². The predicted octanol–water partition coefficient (Wildman–Crippen LogP) is 3.38. The van der Waals surface area contributed by atoms with Crippen LogP contribution >= 0.6 is 0 Å². The molecule has 0 aliphatic carbocycles. The summed E-state index contributed by atoms with van der Waals surface area (Å²) in [6.45, 7) is 2.04. The zero-order valence-electron chi connectivity index (χ0n) is 12.5. The van der Waals surface area contributed by atoms with Crippen LogP contribution in [-0.4, -0.2) is 18.6 Å². The first-order valence-electron chi connectivity index (χ1n) is 6.98. The molecule has 0 fully saturated rings. The Hall–Kier alpha value is -3.33. The van der Waals surface area contributed by atoms with E-state index in [1.54, 1.807) is 55.5 Å². The Morgan fingerprint density at radius 3 is 2.43 bits per heavy atom. The Morgan fingerprint density at radius 2 is 1.78 bits per heavy atom. The quantitative estimate of drug-likeness (QED) is 0.847. The number of hydrogen-bond acceptors (Lipinski definition) is 4. The van der Waals surface area contributed by atoms with Crippen LogP contribution in [0, 0.1) is 11.3 Å². The standard InChI is InChI=1S/C17H15N3O3/c1-2-23-16(21)12-7-9-14(10-8-12)19-17(22)20-15-6-4-3-5-13(15)11-18/h3-10H,2H2,1H3,(H2,19,20,22). The summed E-state index contributed by atoms with van der Waals surface area (Å²) in [5, 5.41) is 14.2. The molecule has 0 bridgehead atoms. The first-order chi connectivity index (χ1) is 11.1. The van der Waals surface area contributed by atoms with Gasteiger partial charge in [-0.15, -0.1) is 0 Å². The molecule has 0 aliphatic heterocycles. The topological polar surface area (TPSA) is 91.2 Å². The molecule has 0 aromatic heterocycles. The number of esters is 1. The molecule has 6 nitrogen and oxygen atoms in total. The number of rotatable bonds is 4. The van der Waals surface area contributed by atoms with Crippen LogP contribution in [0.3, 0.4) is 0 Å². The van der Waals surface area contributed by atoms with Crippen LogP contribution < -0.4 is 10.6 Å². The highest BCUT2D eigenvalue weighted by Gasteiger charge is 2.08. The second-order valence-corrected chi connectivity index (χ2v) is 4.53. The third-order valence-corrected chi connectivity index (χ3v) is 2.95. The average molecular weight is 309 g/mol. The summed E-state index contributed by atoms with van der Waals surface area (Å²) in [5.41, 5.74) is 1.73. The lowest BCUT2D eigenvalue weighted by Crippen LogP contribution is -2.20. The number of para-hydroxylation sites is 1. The summed E-state index contributed by atoms with van der Waals surface area (Å²) in [4.78, 5) is 23.5. The monoisotopic (exact) mass is 309 g/mol. The molecule has 0 saturated carbocycles. The number of carbonyl (C=O) groups excluding carboxylic acids is 2. The SMILES string of the molecule is CCOC(=O)c1ccc(NC(=O)Nc2ccccc2C#N)cc1. The predicted molar refractivity (Wildman–Crippen MR) is 86.2 cm³/mol. The van der Waals surface area contributed by atoms with Crippen molar-refractivity contribution in [1.82, 2.24) is 0 Å². The Bertz CT molecular complexity index is 748. The number of nitrogens with one attached hydrogen (secondary N) is 2. The van der Waals surface area contributed by atoms with Gasteiger partial charge in [0, 0.05) is 5.69 Å². The molecular weight excluding hydrogens is 294 g/mol. The molecule has 0 heterocycles. The van der Waals surface area contributed by atoms with Gasteiger partial charge in [0.1, 0.15) is 6.07 Å². The van der Waals surface area contributed by atoms with Crippen molar-refractivity contribution in [3.63, 3.8) is 0 Å². The molecule has 2 N–H and O–H groups in total. The molecule has 0 spiro atoms. The lowest BCUT2D eigenvalue weighted by molar-refractivity contribution is 0.0526. The minimum atomic E-state index is -0.475. The first-order valence-corrected chi connectivity index (χ1v) is 6.98. The molecule has 0 radical (unpaired) electrons. The van der Waals surface area contributed by atoms with Gasteiger partial charge in [0.2, 0.25) is 0 Å². The van der Waals surface area contributed by atoms with Gasteiger partial charge in [0.05, 0.1) is 23.4 Å². The third kappa shape index (κ3) is 4.32. The van der Waals surface area contributed by atoms with Crippen LogP contribution in [0.1, 0.15) is 22.8 Å². The summed E-state index contributed by atoms with van der Waals surface area (Å²) >= 11 is 0. The Balaban J connectivity index is 2.00. The van der Waals surface area contributed by atoms with E-state index in [9.17, 15) is 9.59 Å². The lowest BCUT2D eigenvalue weighted by atomic mass is 10.2. The minimum absolute atomic E-state index is 0.305. The van der Waals surface area contributed by atoms with E-state index in [0.717, 1.165) is 0 Å². The van der Waals surface area contributed by atoms with E-state index in [-0.39, 0.29) is 0 Å². The second-order valence-electron chi connectivity index (χ2n) is 4.53. The van der Waals surface area contributed by atoms with E-state index < -0.39 is 12.0 Å². The Kier molecular flexibility index (Phi) is 5.31. The van der Waals surface area contributed by atoms with Crippen LogP contribution in [0.25, 0.3) is 0 Å². The smallest absolute Gasteiger partial charge is 0.338 e.